The number of hydrogen-bond acceptors (Lipinski definition) is 3. The molecule has 3 nitrogen and oxygen atoms in total. The van der Waals surface area contributed by atoms with Crippen molar-refractivity contribution in [3.05, 3.63) is 58.8 Å². The van der Waals surface area contributed by atoms with Crippen LogP contribution in [0.25, 0.3) is 0 Å². The summed E-state index contributed by atoms with van der Waals surface area (Å²) in [6.45, 7) is 4.67. The van der Waals surface area contributed by atoms with Gasteiger partial charge >= 0.3 is 0 Å². The highest BCUT2D eigenvalue weighted by Crippen LogP contribution is 2.16. The molecule has 0 fully saturated rings. The average molecular weight is 237 g/mol. The first-order valence-corrected chi connectivity index (χ1v) is 5.86. The van der Waals surface area contributed by atoms with Crippen LogP contribution in [0.3, 0.4) is 0 Å². The number of nitrogens with zero attached hydrogens (tertiary/aromatic N) is 2. The Morgan fingerprint density at radius 3 is 2.67 bits per heavy atom. The molecule has 0 saturated heterocycles. The zero-order chi connectivity index (χ0) is 13.0. The highest BCUT2D eigenvalue weighted by molar-refractivity contribution is 5.55. The van der Waals surface area contributed by atoms with Crippen molar-refractivity contribution >= 4 is 5.82 Å². The number of aryl methyl sites for hydroxylation is 2. The SMILES string of the molecule is Cc1ccccc1CNc1nccc(C)c1C#N. The van der Waals surface area contributed by atoms with Gasteiger partial charge in [0.15, 0.2) is 0 Å². The van der Waals surface area contributed by atoms with E-state index in [2.05, 4.69) is 35.4 Å². The summed E-state index contributed by atoms with van der Waals surface area (Å²) in [6.07, 6.45) is 1.72. The van der Waals surface area contributed by atoms with Gasteiger partial charge in [0.2, 0.25) is 0 Å². The second kappa shape index (κ2) is 5.33. The molecule has 0 aliphatic rings. The Bertz CT molecular complexity index is 597. The molecule has 0 atom stereocenters. The smallest absolute Gasteiger partial charge is 0.144 e. The third-order valence-corrected chi connectivity index (χ3v) is 2.98. The lowest BCUT2D eigenvalue weighted by molar-refractivity contribution is 1.08. The summed E-state index contributed by atoms with van der Waals surface area (Å²) in [6, 6.07) is 12.2. The zero-order valence-electron chi connectivity index (χ0n) is 10.6. The van der Waals surface area contributed by atoms with E-state index in [1.807, 2.05) is 25.1 Å². The van der Waals surface area contributed by atoms with Crippen LogP contribution < -0.4 is 5.32 Å². The van der Waals surface area contributed by atoms with Crippen LogP contribution in [0.1, 0.15) is 22.3 Å². The van der Waals surface area contributed by atoms with Gasteiger partial charge in [-0.25, -0.2) is 4.98 Å². The molecule has 0 amide bonds. The summed E-state index contributed by atoms with van der Waals surface area (Å²) in [5.41, 5.74) is 4.01. The molecule has 0 saturated carbocycles. The minimum absolute atomic E-state index is 0.617. The van der Waals surface area contributed by atoms with Crippen molar-refractivity contribution < 1.29 is 0 Å². The Morgan fingerprint density at radius 2 is 1.94 bits per heavy atom. The molecule has 18 heavy (non-hydrogen) atoms. The van der Waals surface area contributed by atoms with E-state index in [1.165, 1.54) is 11.1 Å². The Balaban J connectivity index is 2.19. The van der Waals surface area contributed by atoms with Gasteiger partial charge in [0.05, 0.1) is 5.56 Å². The molecule has 2 rings (SSSR count). The first-order chi connectivity index (χ1) is 8.72. The lowest BCUT2D eigenvalue weighted by Crippen LogP contribution is -2.05. The van der Waals surface area contributed by atoms with Crippen molar-refractivity contribution in [1.82, 2.24) is 4.98 Å². The fourth-order valence-electron chi connectivity index (χ4n) is 1.82. The van der Waals surface area contributed by atoms with Gasteiger partial charge in [0.1, 0.15) is 11.9 Å². The van der Waals surface area contributed by atoms with Crippen LogP contribution in [0.15, 0.2) is 36.5 Å². The largest absolute Gasteiger partial charge is 0.365 e. The summed E-state index contributed by atoms with van der Waals surface area (Å²) >= 11 is 0. The van der Waals surface area contributed by atoms with Gasteiger partial charge in [-0.05, 0) is 36.6 Å². The molecule has 0 unspecified atom stereocenters. The van der Waals surface area contributed by atoms with Crippen LogP contribution in [0, 0.1) is 25.2 Å². The van der Waals surface area contributed by atoms with Gasteiger partial charge in [0, 0.05) is 12.7 Å². The molecule has 1 heterocycles. The summed E-state index contributed by atoms with van der Waals surface area (Å²) < 4.78 is 0. The van der Waals surface area contributed by atoms with E-state index in [4.69, 9.17) is 5.26 Å². The number of rotatable bonds is 3. The van der Waals surface area contributed by atoms with E-state index in [-0.39, 0.29) is 0 Å². The van der Waals surface area contributed by atoms with Gasteiger partial charge in [-0.3, -0.25) is 0 Å². The topological polar surface area (TPSA) is 48.7 Å². The minimum Gasteiger partial charge on any atom is -0.365 e. The van der Waals surface area contributed by atoms with Crippen molar-refractivity contribution in [3.63, 3.8) is 0 Å². The van der Waals surface area contributed by atoms with Gasteiger partial charge in [-0.1, -0.05) is 24.3 Å². The number of anilines is 1. The van der Waals surface area contributed by atoms with Crippen LogP contribution in [-0.4, -0.2) is 4.98 Å². The molecule has 1 aromatic carbocycles. The number of hydrogen-bond donors (Lipinski definition) is 1. The van der Waals surface area contributed by atoms with E-state index in [0.717, 1.165) is 5.56 Å². The molecular formula is C15H15N3. The highest BCUT2D eigenvalue weighted by Gasteiger charge is 2.06. The summed E-state index contributed by atoms with van der Waals surface area (Å²) in [5.74, 6) is 0.653. The van der Waals surface area contributed by atoms with Crippen molar-refractivity contribution in [1.29, 1.82) is 5.26 Å². The minimum atomic E-state index is 0.617. The van der Waals surface area contributed by atoms with Gasteiger partial charge < -0.3 is 5.32 Å². The summed E-state index contributed by atoms with van der Waals surface area (Å²) in [5, 5.41) is 12.3. The van der Waals surface area contributed by atoms with Crippen molar-refractivity contribution in [2.75, 3.05) is 5.32 Å². The predicted molar refractivity (Wildman–Crippen MR) is 72.2 cm³/mol. The van der Waals surface area contributed by atoms with E-state index in [1.54, 1.807) is 6.20 Å². The normalized spacial score (nSPS) is 9.83. The fourth-order valence-corrected chi connectivity index (χ4v) is 1.82. The Kier molecular flexibility index (Phi) is 3.59. The third kappa shape index (κ3) is 2.49. The Labute approximate surface area is 107 Å². The van der Waals surface area contributed by atoms with Crippen molar-refractivity contribution in [2.45, 2.75) is 20.4 Å². The lowest BCUT2D eigenvalue weighted by Gasteiger charge is -2.10. The van der Waals surface area contributed by atoms with E-state index in [9.17, 15) is 0 Å². The molecule has 1 N–H and O–H groups in total. The van der Waals surface area contributed by atoms with Crippen molar-refractivity contribution in [3.8, 4) is 6.07 Å². The zero-order valence-corrected chi connectivity index (χ0v) is 10.6. The number of benzene rings is 1. The number of nitriles is 1. The maximum Gasteiger partial charge on any atom is 0.144 e. The molecule has 1 aromatic heterocycles. The summed E-state index contributed by atoms with van der Waals surface area (Å²) in [4.78, 5) is 4.22. The Hall–Kier alpha value is -2.34. The molecule has 3 heteroatoms. The summed E-state index contributed by atoms with van der Waals surface area (Å²) in [7, 11) is 0. The second-order valence-electron chi connectivity index (χ2n) is 4.24. The third-order valence-electron chi connectivity index (χ3n) is 2.98. The standard InChI is InChI=1S/C15H15N3/c1-11-5-3-4-6-13(11)10-18-15-14(9-16)12(2)7-8-17-15/h3-8H,10H2,1-2H3,(H,17,18). The molecule has 0 spiro atoms. The van der Waals surface area contributed by atoms with Crippen LogP contribution in [0.2, 0.25) is 0 Å². The predicted octanol–water partition coefficient (Wildman–Crippen LogP) is 3.18. The molecule has 2 aromatic rings. The van der Waals surface area contributed by atoms with Crippen LogP contribution in [0.4, 0.5) is 5.82 Å². The van der Waals surface area contributed by atoms with E-state index >= 15 is 0 Å². The quantitative estimate of drug-likeness (QED) is 0.891. The molecule has 0 bridgehead atoms. The second-order valence-corrected chi connectivity index (χ2v) is 4.24. The van der Waals surface area contributed by atoms with Gasteiger partial charge in [-0.15, -0.1) is 0 Å². The maximum absolute atomic E-state index is 9.12. The van der Waals surface area contributed by atoms with Gasteiger partial charge in [-0.2, -0.15) is 5.26 Å². The van der Waals surface area contributed by atoms with Crippen LogP contribution in [-0.2, 0) is 6.54 Å². The monoisotopic (exact) mass is 237 g/mol. The number of nitrogens with one attached hydrogen (secondary N) is 1. The van der Waals surface area contributed by atoms with Gasteiger partial charge in [0.25, 0.3) is 0 Å². The first-order valence-electron chi connectivity index (χ1n) is 5.86. The van der Waals surface area contributed by atoms with Crippen LogP contribution in [0.5, 0.6) is 0 Å². The fraction of sp³-hybridized carbons (Fsp3) is 0.200. The molecule has 0 aliphatic carbocycles. The molecule has 0 radical (unpaired) electrons. The maximum atomic E-state index is 9.12. The van der Waals surface area contributed by atoms with E-state index < -0.39 is 0 Å². The number of pyridine rings is 1. The molecule has 0 aliphatic heterocycles. The Morgan fingerprint density at radius 1 is 1.17 bits per heavy atom. The first kappa shape index (κ1) is 12.1. The highest BCUT2D eigenvalue weighted by atomic mass is 15.0. The van der Waals surface area contributed by atoms with E-state index in [0.29, 0.717) is 17.9 Å². The lowest BCUT2D eigenvalue weighted by atomic mass is 10.1. The molecule has 90 valence electrons. The van der Waals surface area contributed by atoms with Crippen molar-refractivity contribution in [2.24, 2.45) is 0 Å². The molecular weight excluding hydrogens is 222 g/mol. The average Bonchev–Trinajstić information content (AvgIpc) is 2.38. The van der Waals surface area contributed by atoms with Crippen LogP contribution >= 0.6 is 0 Å². The number of aromatic nitrogens is 1.